The van der Waals surface area contributed by atoms with E-state index in [2.05, 4.69) is 20.4 Å². The third kappa shape index (κ3) is 4.12. The van der Waals surface area contributed by atoms with Gasteiger partial charge < -0.3 is 5.32 Å². The van der Waals surface area contributed by atoms with E-state index in [1.54, 1.807) is 30.2 Å². The molecular weight excluding hydrogens is 386 g/mol. The number of nitrogens with one attached hydrogen (secondary N) is 1. The molecule has 0 aliphatic carbocycles. The molecule has 1 atom stereocenters. The first-order valence-electron chi connectivity index (χ1n) is 8.93. The van der Waals surface area contributed by atoms with Gasteiger partial charge in [0.2, 0.25) is 0 Å². The van der Waals surface area contributed by atoms with Crippen LogP contribution in [0.3, 0.4) is 0 Å². The molecule has 1 amide bonds. The summed E-state index contributed by atoms with van der Waals surface area (Å²) < 4.78 is 1.56. The average molecular weight is 403 g/mol. The summed E-state index contributed by atoms with van der Waals surface area (Å²) in [7, 11) is 0. The first-order chi connectivity index (χ1) is 14.1. The molecule has 0 radical (unpaired) electrons. The lowest BCUT2D eigenvalue weighted by Gasteiger charge is -2.09. The van der Waals surface area contributed by atoms with Crippen molar-refractivity contribution in [2.45, 2.75) is 13.0 Å². The normalized spacial score (nSPS) is 11.8. The summed E-state index contributed by atoms with van der Waals surface area (Å²) in [4.78, 5) is 33.5. The summed E-state index contributed by atoms with van der Waals surface area (Å²) >= 11 is 1.42. The number of Topliss-reactive ketones (excluding diaryl/α,β-unsaturated/α-hetero) is 1. The van der Waals surface area contributed by atoms with E-state index >= 15 is 0 Å². The molecule has 0 bridgehead atoms. The minimum Gasteiger partial charge on any atom is -0.340 e. The summed E-state index contributed by atoms with van der Waals surface area (Å²) in [6.45, 7) is 1.80. The van der Waals surface area contributed by atoms with Gasteiger partial charge in [0.15, 0.2) is 0 Å². The maximum atomic E-state index is 12.5. The van der Waals surface area contributed by atoms with Gasteiger partial charge in [-0.3, -0.25) is 14.6 Å². The predicted octanol–water partition coefficient (Wildman–Crippen LogP) is 3.45. The maximum absolute atomic E-state index is 12.5. The van der Waals surface area contributed by atoms with Crippen molar-refractivity contribution in [3.05, 3.63) is 83.2 Å². The quantitative estimate of drug-likeness (QED) is 0.393. The minimum absolute atomic E-state index is 0.230. The van der Waals surface area contributed by atoms with Crippen LogP contribution >= 0.6 is 11.3 Å². The number of carbonyl (C=O) groups excluding carboxylic acids is 2. The van der Waals surface area contributed by atoms with E-state index in [0.717, 1.165) is 16.9 Å². The number of thiazole rings is 1. The van der Waals surface area contributed by atoms with Gasteiger partial charge in [-0.2, -0.15) is 5.10 Å². The highest BCUT2D eigenvalue weighted by molar-refractivity contribution is 7.10. The minimum atomic E-state index is -0.691. The van der Waals surface area contributed by atoms with Crippen molar-refractivity contribution >= 4 is 23.0 Å². The van der Waals surface area contributed by atoms with Crippen molar-refractivity contribution in [1.29, 1.82) is 0 Å². The Balaban J connectivity index is 1.43. The van der Waals surface area contributed by atoms with Crippen LogP contribution < -0.4 is 5.32 Å². The Kier molecular flexibility index (Phi) is 5.26. The second-order valence-electron chi connectivity index (χ2n) is 6.35. The zero-order valence-electron chi connectivity index (χ0n) is 15.5. The molecular formula is C21H17N5O2S. The summed E-state index contributed by atoms with van der Waals surface area (Å²) in [6.07, 6.45) is 6.37. The molecule has 4 rings (SSSR count). The largest absolute Gasteiger partial charge is 0.340 e. The van der Waals surface area contributed by atoms with Gasteiger partial charge in [0, 0.05) is 29.5 Å². The van der Waals surface area contributed by atoms with Gasteiger partial charge in [-0.25, -0.2) is 9.67 Å². The molecule has 1 N–H and O–H groups in total. The van der Waals surface area contributed by atoms with Crippen LogP contribution in [0.4, 0.5) is 0 Å². The monoisotopic (exact) mass is 403 g/mol. The third-order valence-electron chi connectivity index (χ3n) is 4.27. The topological polar surface area (TPSA) is 89.8 Å². The predicted molar refractivity (Wildman–Crippen MR) is 110 cm³/mol. The molecule has 8 heteroatoms. The van der Waals surface area contributed by atoms with E-state index in [-0.39, 0.29) is 5.56 Å². The Labute approximate surface area is 171 Å². The molecule has 29 heavy (non-hydrogen) atoms. The van der Waals surface area contributed by atoms with Gasteiger partial charge >= 0.3 is 0 Å². The smallest absolute Gasteiger partial charge is 0.293 e. The summed E-state index contributed by atoms with van der Waals surface area (Å²) in [5.41, 5.74) is 2.73. The zero-order chi connectivity index (χ0) is 20.2. The molecule has 0 spiro atoms. The number of aromatic nitrogens is 4. The summed E-state index contributed by atoms with van der Waals surface area (Å²) in [5.74, 6) is -1.33. The third-order valence-corrected chi connectivity index (χ3v) is 5.30. The average Bonchev–Trinajstić information content (AvgIpc) is 3.45. The van der Waals surface area contributed by atoms with Crippen LogP contribution in [-0.2, 0) is 4.79 Å². The number of ketones is 1. The first kappa shape index (κ1) is 18.7. The number of nitrogens with zero attached hydrogens (tertiary/aromatic N) is 4. The molecule has 1 unspecified atom stereocenters. The first-order valence-corrected chi connectivity index (χ1v) is 9.81. The van der Waals surface area contributed by atoms with Gasteiger partial charge in [0.05, 0.1) is 29.2 Å². The van der Waals surface area contributed by atoms with Gasteiger partial charge in [-0.1, -0.05) is 18.2 Å². The van der Waals surface area contributed by atoms with Crippen molar-refractivity contribution in [3.63, 3.8) is 0 Å². The molecule has 0 aliphatic rings. The number of rotatable bonds is 6. The molecule has 1 aromatic carbocycles. The van der Waals surface area contributed by atoms with Crippen molar-refractivity contribution in [3.8, 4) is 16.9 Å². The van der Waals surface area contributed by atoms with Gasteiger partial charge in [0.1, 0.15) is 5.01 Å². The Bertz CT molecular complexity index is 1140. The lowest BCUT2D eigenvalue weighted by atomic mass is 10.2. The molecule has 3 aromatic heterocycles. The number of carbonyl (C=O) groups is 2. The zero-order valence-corrected chi connectivity index (χ0v) is 16.3. The summed E-state index contributed by atoms with van der Waals surface area (Å²) in [5, 5.41) is 9.50. The number of hydrogen-bond acceptors (Lipinski definition) is 6. The fourth-order valence-corrected chi connectivity index (χ4v) is 3.59. The van der Waals surface area contributed by atoms with Gasteiger partial charge in [0.25, 0.3) is 11.7 Å². The number of pyridine rings is 1. The number of benzene rings is 1. The maximum Gasteiger partial charge on any atom is 0.293 e. The Morgan fingerprint density at radius 1 is 1.10 bits per heavy atom. The van der Waals surface area contributed by atoms with Crippen LogP contribution in [0.25, 0.3) is 16.9 Å². The molecule has 4 aromatic rings. The van der Waals surface area contributed by atoms with Gasteiger partial charge in [-0.05, 0) is 31.2 Å². The number of amides is 1. The molecule has 0 fully saturated rings. The van der Waals surface area contributed by atoms with Crippen molar-refractivity contribution in [1.82, 2.24) is 25.1 Å². The molecule has 144 valence electrons. The van der Waals surface area contributed by atoms with Gasteiger partial charge in [-0.15, -0.1) is 11.3 Å². The lowest BCUT2D eigenvalue weighted by molar-refractivity contribution is -0.117. The van der Waals surface area contributed by atoms with Crippen LogP contribution in [0.1, 0.15) is 28.3 Å². The van der Waals surface area contributed by atoms with Crippen LogP contribution in [0, 0.1) is 0 Å². The second kappa shape index (κ2) is 8.15. The molecule has 3 heterocycles. The van der Waals surface area contributed by atoms with Crippen molar-refractivity contribution in [2.24, 2.45) is 0 Å². The van der Waals surface area contributed by atoms with E-state index in [1.165, 1.54) is 17.5 Å². The van der Waals surface area contributed by atoms with E-state index in [0.29, 0.717) is 5.01 Å². The van der Waals surface area contributed by atoms with Crippen molar-refractivity contribution < 1.29 is 9.59 Å². The summed E-state index contributed by atoms with van der Waals surface area (Å²) in [6, 6.07) is 12.7. The highest BCUT2D eigenvalue weighted by Crippen LogP contribution is 2.24. The standard InChI is InChI=1S/C21H17N5O2S/c1-14(21-25-18(13-29-21)15-6-5-9-22-10-15)24-20(28)19(27)16-11-23-26(12-16)17-7-3-2-4-8-17/h2-14H,1H3,(H,24,28). The van der Waals surface area contributed by atoms with Crippen LogP contribution in [0.5, 0.6) is 0 Å². The SMILES string of the molecule is CC(NC(=O)C(=O)c1cnn(-c2ccccc2)c1)c1nc(-c2cccnc2)cs1. The van der Waals surface area contributed by atoms with Crippen LogP contribution in [0.2, 0.25) is 0 Å². The fraction of sp³-hybridized carbons (Fsp3) is 0.0952. The van der Waals surface area contributed by atoms with E-state index in [9.17, 15) is 9.59 Å². The molecule has 0 saturated carbocycles. The fourth-order valence-electron chi connectivity index (χ4n) is 2.75. The molecule has 7 nitrogen and oxygen atoms in total. The lowest BCUT2D eigenvalue weighted by Crippen LogP contribution is -2.33. The van der Waals surface area contributed by atoms with E-state index in [1.807, 2.05) is 47.8 Å². The Hall–Kier alpha value is -3.65. The van der Waals surface area contributed by atoms with Crippen molar-refractivity contribution in [2.75, 3.05) is 0 Å². The van der Waals surface area contributed by atoms with E-state index < -0.39 is 17.7 Å². The number of hydrogen-bond donors (Lipinski definition) is 1. The highest BCUT2D eigenvalue weighted by atomic mass is 32.1. The van der Waals surface area contributed by atoms with E-state index in [4.69, 9.17) is 0 Å². The molecule has 0 saturated heterocycles. The van der Waals surface area contributed by atoms with Crippen LogP contribution in [-0.4, -0.2) is 31.4 Å². The highest BCUT2D eigenvalue weighted by Gasteiger charge is 2.22. The Morgan fingerprint density at radius 3 is 2.69 bits per heavy atom. The van der Waals surface area contributed by atoms with Crippen LogP contribution in [0.15, 0.2) is 72.6 Å². The second-order valence-corrected chi connectivity index (χ2v) is 7.24. The number of para-hydroxylation sites is 1. The molecule has 0 aliphatic heterocycles. The Morgan fingerprint density at radius 2 is 1.93 bits per heavy atom.